The Morgan fingerprint density at radius 2 is 1.61 bits per heavy atom. The zero-order valence-electron chi connectivity index (χ0n) is 18.1. The van der Waals surface area contributed by atoms with Crippen molar-refractivity contribution in [1.82, 2.24) is 9.78 Å². The first kappa shape index (κ1) is 22.2. The lowest BCUT2D eigenvalue weighted by Crippen LogP contribution is -2.20. The third-order valence-electron chi connectivity index (χ3n) is 4.92. The van der Waals surface area contributed by atoms with Crippen LogP contribution < -0.4 is 10.9 Å². The highest BCUT2D eigenvalue weighted by Crippen LogP contribution is 2.25. The molecule has 0 aliphatic rings. The quantitative estimate of drug-likeness (QED) is 0.407. The highest BCUT2D eigenvalue weighted by Gasteiger charge is 2.10. The van der Waals surface area contributed by atoms with E-state index in [1.165, 1.54) is 35.0 Å². The predicted molar refractivity (Wildman–Crippen MR) is 130 cm³/mol. The summed E-state index contributed by atoms with van der Waals surface area (Å²) in [5.41, 5.74) is 2.95. The second-order valence-corrected chi connectivity index (χ2v) is 8.57. The van der Waals surface area contributed by atoms with Crippen LogP contribution in [-0.2, 0) is 0 Å². The number of rotatable bonds is 6. The molecule has 3 aromatic carbocycles. The molecular formula is C26H21N3O3S. The van der Waals surface area contributed by atoms with E-state index in [2.05, 4.69) is 10.4 Å². The van der Waals surface area contributed by atoms with E-state index in [1.807, 2.05) is 31.2 Å². The number of ketones is 1. The van der Waals surface area contributed by atoms with Gasteiger partial charge in [-0.05, 0) is 68.4 Å². The summed E-state index contributed by atoms with van der Waals surface area (Å²) in [4.78, 5) is 37.6. The number of amides is 1. The van der Waals surface area contributed by atoms with Crippen LogP contribution in [-0.4, -0.2) is 21.5 Å². The fraction of sp³-hybridized carbons (Fsp3) is 0.0769. The van der Waals surface area contributed by atoms with Crippen molar-refractivity contribution in [2.75, 3.05) is 5.32 Å². The largest absolute Gasteiger partial charge is 0.322 e. The number of nitrogens with zero attached hydrogens (tertiary/aromatic N) is 2. The molecule has 0 spiro atoms. The molecule has 1 N–H and O–H groups in total. The zero-order chi connectivity index (χ0) is 23.4. The van der Waals surface area contributed by atoms with Gasteiger partial charge < -0.3 is 5.32 Å². The van der Waals surface area contributed by atoms with Crippen molar-refractivity contribution < 1.29 is 9.59 Å². The summed E-state index contributed by atoms with van der Waals surface area (Å²) in [5.74, 6) is -0.387. The van der Waals surface area contributed by atoms with Crippen LogP contribution in [0.15, 0.2) is 99.6 Å². The zero-order valence-corrected chi connectivity index (χ0v) is 18.9. The molecule has 1 heterocycles. The topological polar surface area (TPSA) is 81.1 Å². The van der Waals surface area contributed by atoms with E-state index in [1.54, 1.807) is 54.6 Å². The second kappa shape index (κ2) is 9.67. The van der Waals surface area contributed by atoms with Gasteiger partial charge in [-0.3, -0.25) is 14.4 Å². The van der Waals surface area contributed by atoms with Gasteiger partial charge in [0, 0.05) is 27.8 Å². The van der Waals surface area contributed by atoms with Crippen LogP contribution in [0.3, 0.4) is 0 Å². The van der Waals surface area contributed by atoms with Crippen LogP contribution in [0.2, 0.25) is 0 Å². The summed E-state index contributed by atoms with van der Waals surface area (Å²) < 4.78 is 1.31. The van der Waals surface area contributed by atoms with E-state index >= 15 is 0 Å². The normalized spacial score (nSPS) is 10.6. The van der Waals surface area contributed by atoms with Crippen LogP contribution in [0.25, 0.3) is 5.69 Å². The highest BCUT2D eigenvalue weighted by atomic mass is 32.2. The van der Waals surface area contributed by atoms with Gasteiger partial charge >= 0.3 is 0 Å². The standard InChI is InChI=1S/C26H21N3O3S/c1-17-6-12-23(13-7-17)33-24-14-15-25(31)29(28-24)22-10-8-19(9-11-22)26(32)27-21-5-3-4-20(16-21)18(2)30/h3-16H,1-2H3,(H,27,32). The maximum Gasteiger partial charge on any atom is 0.271 e. The number of anilines is 1. The third-order valence-corrected chi connectivity index (χ3v) is 5.85. The molecule has 4 aromatic rings. The Labute approximate surface area is 195 Å². The Bertz CT molecular complexity index is 1380. The van der Waals surface area contributed by atoms with Crippen molar-refractivity contribution in [2.24, 2.45) is 0 Å². The molecule has 0 aliphatic heterocycles. The lowest BCUT2D eigenvalue weighted by atomic mass is 10.1. The molecule has 7 heteroatoms. The molecule has 0 fully saturated rings. The Morgan fingerprint density at radius 1 is 0.879 bits per heavy atom. The Morgan fingerprint density at radius 3 is 2.30 bits per heavy atom. The molecule has 33 heavy (non-hydrogen) atoms. The number of aryl methyl sites for hydroxylation is 1. The van der Waals surface area contributed by atoms with E-state index in [4.69, 9.17) is 0 Å². The number of aromatic nitrogens is 2. The van der Waals surface area contributed by atoms with E-state index in [0.29, 0.717) is 27.5 Å². The first-order valence-corrected chi connectivity index (χ1v) is 11.1. The smallest absolute Gasteiger partial charge is 0.271 e. The molecule has 4 rings (SSSR count). The molecule has 0 radical (unpaired) electrons. The fourth-order valence-electron chi connectivity index (χ4n) is 3.13. The Balaban J connectivity index is 1.52. The summed E-state index contributed by atoms with van der Waals surface area (Å²) in [6, 6.07) is 24.6. The van der Waals surface area contributed by atoms with E-state index in [9.17, 15) is 14.4 Å². The molecule has 1 amide bonds. The van der Waals surface area contributed by atoms with Crippen LogP contribution >= 0.6 is 11.8 Å². The molecule has 0 saturated carbocycles. The summed E-state index contributed by atoms with van der Waals surface area (Å²) in [6.07, 6.45) is 0. The summed E-state index contributed by atoms with van der Waals surface area (Å²) >= 11 is 1.47. The minimum Gasteiger partial charge on any atom is -0.322 e. The minimum atomic E-state index is -0.314. The van der Waals surface area contributed by atoms with Gasteiger partial charge in [0.15, 0.2) is 5.78 Å². The minimum absolute atomic E-state index is 0.0730. The number of nitrogens with one attached hydrogen (secondary N) is 1. The number of hydrogen-bond donors (Lipinski definition) is 1. The van der Waals surface area contributed by atoms with E-state index < -0.39 is 0 Å². The number of hydrogen-bond acceptors (Lipinski definition) is 5. The van der Waals surface area contributed by atoms with Gasteiger partial charge in [-0.2, -0.15) is 9.78 Å². The van der Waals surface area contributed by atoms with Crippen molar-refractivity contribution in [3.8, 4) is 5.69 Å². The summed E-state index contributed by atoms with van der Waals surface area (Å²) in [6.45, 7) is 3.50. The second-order valence-electron chi connectivity index (χ2n) is 7.47. The van der Waals surface area contributed by atoms with Crippen molar-refractivity contribution in [3.63, 3.8) is 0 Å². The number of benzene rings is 3. The van der Waals surface area contributed by atoms with Gasteiger partial charge in [-0.1, -0.05) is 41.6 Å². The maximum atomic E-state index is 12.6. The lowest BCUT2D eigenvalue weighted by molar-refractivity contribution is 0.101. The predicted octanol–water partition coefficient (Wildman–Crippen LogP) is 5.15. The molecule has 0 bridgehead atoms. The van der Waals surface area contributed by atoms with Gasteiger partial charge in [0.1, 0.15) is 5.03 Å². The first-order chi connectivity index (χ1) is 15.9. The molecule has 0 saturated heterocycles. The molecule has 0 unspecified atom stereocenters. The fourth-order valence-corrected chi connectivity index (χ4v) is 3.91. The summed E-state index contributed by atoms with van der Waals surface area (Å²) in [7, 11) is 0. The van der Waals surface area contributed by atoms with Crippen molar-refractivity contribution in [1.29, 1.82) is 0 Å². The van der Waals surface area contributed by atoms with Gasteiger partial charge in [0.05, 0.1) is 5.69 Å². The molecular weight excluding hydrogens is 434 g/mol. The van der Waals surface area contributed by atoms with Gasteiger partial charge in [-0.15, -0.1) is 0 Å². The average molecular weight is 456 g/mol. The van der Waals surface area contributed by atoms with Crippen molar-refractivity contribution in [3.05, 3.63) is 112 Å². The van der Waals surface area contributed by atoms with Crippen LogP contribution in [0.4, 0.5) is 5.69 Å². The highest BCUT2D eigenvalue weighted by molar-refractivity contribution is 7.99. The number of carbonyl (C=O) groups is 2. The molecule has 0 atom stereocenters. The lowest BCUT2D eigenvalue weighted by Gasteiger charge is -2.09. The maximum absolute atomic E-state index is 12.6. The SMILES string of the molecule is CC(=O)c1cccc(NC(=O)c2ccc(-n3nc(Sc4ccc(C)cc4)ccc3=O)cc2)c1. The van der Waals surface area contributed by atoms with Crippen LogP contribution in [0, 0.1) is 6.92 Å². The number of Topliss-reactive ketones (excluding diaryl/α,β-unsaturated/α-hetero) is 1. The van der Waals surface area contributed by atoms with E-state index in [-0.39, 0.29) is 17.2 Å². The Hall–Kier alpha value is -3.97. The van der Waals surface area contributed by atoms with Crippen LogP contribution in [0.1, 0.15) is 33.2 Å². The van der Waals surface area contributed by atoms with Crippen molar-refractivity contribution in [2.45, 2.75) is 23.8 Å². The van der Waals surface area contributed by atoms with Gasteiger partial charge in [0.2, 0.25) is 0 Å². The summed E-state index contributed by atoms with van der Waals surface area (Å²) in [5, 5.41) is 7.93. The number of carbonyl (C=O) groups excluding carboxylic acids is 2. The van der Waals surface area contributed by atoms with Gasteiger partial charge in [-0.25, -0.2) is 0 Å². The van der Waals surface area contributed by atoms with Gasteiger partial charge in [0.25, 0.3) is 11.5 Å². The molecule has 6 nitrogen and oxygen atoms in total. The van der Waals surface area contributed by atoms with Crippen LogP contribution in [0.5, 0.6) is 0 Å². The van der Waals surface area contributed by atoms with Crippen molar-refractivity contribution >= 4 is 29.1 Å². The average Bonchev–Trinajstić information content (AvgIpc) is 2.82. The Kier molecular flexibility index (Phi) is 6.51. The monoisotopic (exact) mass is 455 g/mol. The third kappa shape index (κ3) is 5.45. The first-order valence-electron chi connectivity index (χ1n) is 10.3. The molecule has 0 aliphatic carbocycles. The molecule has 1 aromatic heterocycles. The molecule has 164 valence electrons. The van der Waals surface area contributed by atoms with E-state index in [0.717, 1.165) is 4.90 Å².